The van der Waals surface area contributed by atoms with E-state index in [1.54, 1.807) is 0 Å². The van der Waals surface area contributed by atoms with Crippen molar-refractivity contribution in [1.29, 1.82) is 0 Å². The van der Waals surface area contributed by atoms with Gasteiger partial charge in [-0.15, -0.1) is 0 Å². The molecule has 1 aliphatic rings. The van der Waals surface area contributed by atoms with Crippen LogP contribution in [0.3, 0.4) is 0 Å². The summed E-state index contributed by atoms with van der Waals surface area (Å²) in [5, 5.41) is 10.9. The summed E-state index contributed by atoms with van der Waals surface area (Å²) in [4.78, 5) is 15.0. The minimum absolute atomic E-state index is 0.0139. The fourth-order valence-electron chi connectivity index (χ4n) is 3.79. The molecule has 2 heterocycles. The Morgan fingerprint density at radius 1 is 1.14 bits per heavy atom. The second-order valence-corrected chi connectivity index (χ2v) is 7.58. The predicted octanol–water partition coefficient (Wildman–Crippen LogP) is 4.09. The van der Waals surface area contributed by atoms with E-state index in [4.69, 9.17) is 0 Å². The molecule has 0 saturated carbocycles. The molecule has 1 aliphatic heterocycles. The number of rotatable bonds is 4. The van der Waals surface area contributed by atoms with Crippen LogP contribution < -0.4 is 10.2 Å². The Bertz CT molecular complexity index is 964. The molecular formula is C23H26N4O. The average molecular weight is 374 g/mol. The van der Waals surface area contributed by atoms with Crippen LogP contribution in [0.4, 0.5) is 5.82 Å². The number of benzene rings is 2. The van der Waals surface area contributed by atoms with Crippen molar-refractivity contribution in [2.45, 2.75) is 32.7 Å². The van der Waals surface area contributed by atoms with Crippen LogP contribution in [0.2, 0.25) is 0 Å². The molecule has 1 fully saturated rings. The van der Waals surface area contributed by atoms with Crippen molar-refractivity contribution in [3.05, 3.63) is 71.3 Å². The highest BCUT2D eigenvalue weighted by atomic mass is 16.1. The molecule has 0 bridgehead atoms. The Labute approximate surface area is 165 Å². The lowest BCUT2D eigenvalue weighted by molar-refractivity contribution is 0.0932. The molecule has 1 saturated heterocycles. The summed E-state index contributed by atoms with van der Waals surface area (Å²) in [6, 6.07) is 18.4. The second-order valence-electron chi connectivity index (χ2n) is 7.58. The minimum Gasteiger partial charge on any atom is -0.353 e. The van der Waals surface area contributed by atoms with Gasteiger partial charge in [-0.25, -0.2) is 0 Å². The third-order valence-corrected chi connectivity index (χ3v) is 5.37. The third-order valence-electron chi connectivity index (χ3n) is 5.37. The molecule has 1 amide bonds. The van der Waals surface area contributed by atoms with E-state index in [1.165, 1.54) is 0 Å². The zero-order valence-corrected chi connectivity index (χ0v) is 16.4. The molecule has 1 aromatic heterocycles. The molecule has 0 radical (unpaired) electrons. The number of nitrogens with one attached hydrogen (secondary N) is 2. The van der Waals surface area contributed by atoms with Gasteiger partial charge < -0.3 is 10.2 Å². The minimum atomic E-state index is 0.0139. The number of aromatic amines is 1. The molecule has 3 aromatic rings. The van der Waals surface area contributed by atoms with Crippen molar-refractivity contribution in [2.75, 3.05) is 18.0 Å². The van der Waals surface area contributed by atoms with Gasteiger partial charge >= 0.3 is 0 Å². The third kappa shape index (κ3) is 3.93. The van der Waals surface area contributed by atoms with Crippen LogP contribution in [0.5, 0.6) is 0 Å². The van der Waals surface area contributed by atoms with Crippen molar-refractivity contribution >= 4 is 11.7 Å². The zero-order valence-electron chi connectivity index (χ0n) is 16.4. The van der Waals surface area contributed by atoms with Gasteiger partial charge in [0.25, 0.3) is 5.91 Å². The van der Waals surface area contributed by atoms with E-state index >= 15 is 0 Å². The average Bonchev–Trinajstić information content (AvgIpc) is 3.21. The SMILES string of the molecule is Cc1ccc(C)c(C(=O)NC2CCCN(c3cc(-c4ccccc4)[nH]n3)C2)c1. The van der Waals surface area contributed by atoms with Crippen LogP contribution >= 0.6 is 0 Å². The Hall–Kier alpha value is -3.08. The molecular weight excluding hydrogens is 348 g/mol. The molecule has 0 spiro atoms. The number of carbonyl (C=O) groups is 1. The number of hydrogen-bond donors (Lipinski definition) is 2. The Morgan fingerprint density at radius 3 is 2.79 bits per heavy atom. The second kappa shape index (κ2) is 7.89. The number of aryl methyl sites for hydroxylation is 2. The van der Waals surface area contributed by atoms with E-state index in [2.05, 4.69) is 38.6 Å². The largest absolute Gasteiger partial charge is 0.353 e. The standard InChI is InChI=1S/C23H26N4O/c1-16-10-11-17(2)20(13-16)23(28)24-19-9-6-12-27(15-19)22-14-21(25-26-22)18-7-4-3-5-8-18/h3-5,7-8,10-11,13-14,19H,6,9,12,15H2,1-2H3,(H,24,28)(H,25,26). The number of piperidine rings is 1. The van der Waals surface area contributed by atoms with Gasteiger partial charge in [0, 0.05) is 30.8 Å². The first kappa shape index (κ1) is 18.3. The molecule has 5 heteroatoms. The van der Waals surface area contributed by atoms with Crippen LogP contribution in [0, 0.1) is 13.8 Å². The quantitative estimate of drug-likeness (QED) is 0.723. The summed E-state index contributed by atoms with van der Waals surface area (Å²) >= 11 is 0. The van der Waals surface area contributed by atoms with Crippen LogP contribution in [0.25, 0.3) is 11.3 Å². The Morgan fingerprint density at radius 2 is 1.96 bits per heavy atom. The molecule has 28 heavy (non-hydrogen) atoms. The number of nitrogens with zero attached hydrogens (tertiary/aromatic N) is 2. The van der Waals surface area contributed by atoms with Crippen LogP contribution in [0.1, 0.15) is 34.3 Å². The maximum Gasteiger partial charge on any atom is 0.251 e. The summed E-state index contributed by atoms with van der Waals surface area (Å²) in [6.45, 7) is 5.72. The maximum absolute atomic E-state index is 12.8. The number of carbonyl (C=O) groups excluding carboxylic acids is 1. The van der Waals surface area contributed by atoms with Crippen LogP contribution in [-0.4, -0.2) is 35.2 Å². The zero-order chi connectivity index (χ0) is 19.5. The summed E-state index contributed by atoms with van der Waals surface area (Å²) in [7, 11) is 0. The van der Waals surface area contributed by atoms with E-state index in [-0.39, 0.29) is 11.9 Å². The number of aromatic nitrogens is 2. The fraction of sp³-hybridized carbons (Fsp3) is 0.304. The normalized spacial score (nSPS) is 16.8. The topological polar surface area (TPSA) is 61.0 Å². The highest BCUT2D eigenvalue weighted by molar-refractivity contribution is 5.96. The van der Waals surface area contributed by atoms with Gasteiger partial charge in [-0.2, -0.15) is 5.10 Å². The van der Waals surface area contributed by atoms with E-state index in [1.807, 2.05) is 50.2 Å². The van der Waals surface area contributed by atoms with Gasteiger partial charge in [0.05, 0.1) is 5.69 Å². The molecule has 5 nitrogen and oxygen atoms in total. The fourth-order valence-corrected chi connectivity index (χ4v) is 3.79. The van der Waals surface area contributed by atoms with Crippen LogP contribution in [0.15, 0.2) is 54.6 Å². The van der Waals surface area contributed by atoms with Crippen molar-refractivity contribution in [3.8, 4) is 11.3 Å². The lowest BCUT2D eigenvalue weighted by atomic mass is 10.0. The predicted molar refractivity (Wildman–Crippen MR) is 113 cm³/mol. The first-order valence-corrected chi connectivity index (χ1v) is 9.84. The van der Waals surface area contributed by atoms with Crippen molar-refractivity contribution in [2.24, 2.45) is 0 Å². The number of H-pyrrole nitrogens is 1. The van der Waals surface area contributed by atoms with Crippen LogP contribution in [-0.2, 0) is 0 Å². The Kier molecular flexibility index (Phi) is 5.15. The number of amides is 1. The monoisotopic (exact) mass is 374 g/mol. The molecule has 144 valence electrons. The molecule has 2 aromatic carbocycles. The van der Waals surface area contributed by atoms with Gasteiger partial charge in [0.1, 0.15) is 0 Å². The summed E-state index contributed by atoms with van der Waals surface area (Å²) < 4.78 is 0. The first-order valence-electron chi connectivity index (χ1n) is 9.84. The van der Waals surface area contributed by atoms with Crippen molar-refractivity contribution in [3.63, 3.8) is 0 Å². The molecule has 0 aliphatic carbocycles. The lowest BCUT2D eigenvalue weighted by Gasteiger charge is -2.33. The van der Waals surface area contributed by atoms with E-state index in [9.17, 15) is 4.79 Å². The van der Waals surface area contributed by atoms with Crippen molar-refractivity contribution in [1.82, 2.24) is 15.5 Å². The van der Waals surface area contributed by atoms with E-state index < -0.39 is 0 Å². The van der Waals surface area contributed by atoms with Crippen molar-refractivity contribution < 1.29 is 4.79 Å². The summed E-state index contributed by atoms with van der Waals surface area (Å²) in [6.07, 6.45) is 2.02. The molecule has 4 rings (SSSR count). The Balaban J connectivity index is 1.44. The highest BCUT2D eigenvalue weighted by Crippen LogP contribution is 2.24. The van der Waals surface area contributed by atoms with Gasteiger partial charge in [-0.05, 0) is 43.9 Å². The van der Waals surface area contributed by atoms with E-state index in [0.717, 1.165) is 59.7 Å². The maximum atomic E-state index is 12.8. The smallest absolute Gasteiger partial charge is 0.251 e. The molecule has 2 N–H and O–H groups in total. The van der Waals surface area contributed by atoms with Gasteiger partial charge in [0.2, 0.25) is 0 Å². The molecule has 1 atom stereocenters. The first-order chi connectivity index (χ1) is 13.6. The van der Waals surface area contributed by atoms with Gasteiger partial charge in [-0.1, -0.05) is 48.0 Å². The van der Waals surface area contributed by atoms with Gasteiger partial charge in [-0.3, -0.25) is 9.89 Å². The number of anilines is 1. The van der Waals surface area contributed by atoms with E-state index in [0.29, 0.717) is 0 Å². The lowest BCUT2D eigenvalue weighted by Crippen LogP contribution is -2.48. The summed E-state index contributed by atoms with van der Waals surface area (Å²) in [5.41, 5.74) is 5.01. The molecule has 1 unspecified atom stereocenters. The highest BCUT2D eigenvalue weighted by Gasteiger charge is 2.24. The number of hydrogen-bond acceptors (Lipinski definition) is 3. The van der Waals surface area contributed by atoms with Gasteiger partial charge in [0.15, 0.2) is 5.82 Å². The summed E-state index contributed by atoms with van der Waals surface area (Å²) in [5.74, 6) is 0.949.